The fourth-order valence-electron chi connectivity index (χ4n) is 4.88. The summed E-state index contributed by atoms with van der Waals surface area (Å²) in [5, 5.41) is 47.5. The third-order valence-corrected chi connectivity index (χ3v) is 7.99. The molecule has 0 saturated heterocycles. The molecule has 168 valence electrons. The highest BCUT2D eigenvalue weighted by Gasteiger charge is 2.41. The van der Waals surface area contributed by atoms with E-state index in [9.17, 15) is 21.0 Å². The van der Waals surface area contributed by atoms with E-state index in [0.29, 0.717) is 5.22 Å². The molecule has 36 heavy (non-hydrogen) atoms. The quantitative estimate of drug-likeness (QED) is 0.222. The van der Waals surface area contributed by atoms with E-state index in [1.165, 1.54) is 0 Å². The van der Waals surface area contributed by atoms with E-state index in [1.54, 1.807) is 6.07 Å². The number of halogens is 2. The van der Waals surface area contributed by atoms with Crippen molar-refractivity contribution in [2.75, 3.05) is 0 Å². The second-order valence-electron chi connectivity index (χ2n) is 8.31. The summed E-state index contributed by atoms with van der Waals surface area (Å²) >= 11 is 6.67. The molecule has 6 heteroatoms. The lowest BCUT2D eigenvalue weighted by molar-refractivity contribution is 0.932. The van der Waals surface area contributed by atoms with E-state index in [1.807, 2.05) is 72.8 Å². The average molecular weight is 590 g/mol. The van der Waals surface area contributed by atoms with E-state index in [4.69, 9.17) is 0 Å². The number of hydrogen-bond acceptors (Lipinski definition) is 4. The molecule has 4 nitrogen and oxygen atoms in total. The fourth-order valence-corrected chi connectivity index (χ4v) is 5.62. The van der Waals surface area contributed by atoms with E-state index in [2.05, 4.69) is 62.2 Å². The topological polar surface area (TPSA) is 95.2 Å². The van der Waals surface area contributed by atoms with Crippen LogP contribution in [0.5, 0.6) is 0 Å². The zero-order valence-corrected chi connectivity index (χ0v) is 21.8. The average Bonchev–Trinajstić information content (AvgIpc) is 2.95. The molecular formula is C30H14Br2N4. The van der Waals surface area contributed by atoms with E-state index in [0.717, 1.165) is 36.5 Å². The van der Waals surface area contributed by atoms with Gasteiger partial charge in [-0.3, -0.25) is 0 Å². The molecule has 0 N–H and O–H groups in total. The van der Waals surface area contributed by atoms with Gasteiger partial charge in [0.05, 0.1) is 0 Å². The van der Waals surface area contributed by atoms with Crippen molar-refractivity contribution in [2.24, 2.45) is 0 Å². The highest BCUT2D eigenvalue weighted by Crippen LogP contribution is 2.42. The normalized spacial score (nSPS) is 15.5. The van der Waals surface area contributed by atoms with Gasteiger partial charge >= 0.3 is 0 Å². The van der Waals surface area contributed by atoms with Crippen LogP contribution in [0.2, 0.25) is 0 Å². The third-order valence-electron chi connectivity index (χ3n) is 6.46. The number of hydrogen-bond donors (Lipinski definition) is 0. The van der Waals surface area contributed by atoms with Crippen LogP contribution >= 0.6 is 31.9 Å². The summed E-state index contributed by atoms with van der Waals surface area (Å²) in [6.45, 7) is 0. The molecule has 0 bridgehead atoms. The summed E-state index contributed by atoms with van der Waals surface area (Å²) in [5.41, 5.74) is 0.513. The monoisotopic (exact) mass is 588 g/mol. The maximum absolute atomic E-state index is 10.2. The summed E-state index contributed by atoms with van der Waals surface area (Å²) in [6.07, 6.45) is 0. The summed E-state index contributed by atoms with van der Waals surface area (Å²) in [6, 6.07) is 35.6. The predicted molar refractivity (Wildman–Crippen MR) is 140 cm³/mol. The zero-order valence-electron chi connectivity index (χ0n) is 18.6. The van der Waals surface area contributed by atoms with Crippen molar-refractivity contribution in [1.82, 2.24) is 0 Å². The van der Waals surface area contributed by atoms with Crippen LogP contribution in [0.3, 0.4) is 0 Å². The van der Waals surface area contributed by atoms with Crippen molar-refractivity contribution in [1.29, 1.82) is 21.0 Å². The Morgan fingerprint density at radius 2 is 0.806 bits per heavy atom. The van der Waals surface area contributed by atoms with E-state index in [-0.39, 0.29) is 11.1 Å². The number of nitrogens with zero attached hydrogens (tertiary/aromatic N) is 4. The van der Waals surface area contributed by atoms with Crippen molar-refractivity contribution >= 4 is 31.9 Å². The summed E-state index contributed by atoms with van der Waals surface area (Å²) in [7, 11) is 0. The molecule has 4 aromatic rings. The van der Waals surface area contributed by atoms with Gasteiger partial charge in [-0.1, -0.05) is 84.9 Å². The van der Waals surface area contributed by atoms with Crippen molar-refractivity contribution in [3.8, 4) is 24.3 Å². The highest BCUT2D eigenvalue weighted by molar-refractivity contribution is 9.10. The lowest BCUT2D eigenvalue weighted by atomic mass is 9.85. The lowest BCUT2D eigenvalue weighted by Gasteiger charge is -2.22. The summed E-state index contributed by atoms with van der Waals surface area (Å²) < 4.78 is -3.58. The molecule has 1 aliphatic rings. The van der Waals surface area contributed by atoms with Gasteiger partial charge in [0.1, 0.15) is 24.3 Å². The Morgan fingerprint density at radius 3 is 1.22 bits per heavy atom. The second-order valence-corrected chi connectivity index (χ2v) is 10.7. The van der Waals surface area contributed by atoms with Gasteiger partial charge in [0, 0.05) is 11.1 Å². The first-order valence-corrected chi connectivity index (χ1v) is 12.5. The third kappa shape index (κ3) is 3.36. The van der Waals surface area contributed by atoms with Gasteiger partial charge in [0.2, 0.25) is 8.65 Å². The maximum Gasteiger partial charge on any atom is 0.223 e. The van der Waals surface area contributed by atoms with Crippen molar-refractivity contribution in [3.63, 3.8) is 0 Å². The minimum Gasteiger partial charge on any atom is -0.195 e. The number of nitriles is 4. The summed E-state index contributed by atoms with van der Waals surface area (Å²) in [5.74, 6) is 0. The first-order chi connectivity index (χ1) is 17.4. The number of rotatable bonds is 2. The molecule has 0 radical (unpaired) electrons. The molecule has 0 spiro atoms. The lowest BCUT2D eigenvalue weighted by Crippen LogP contribution is -2.24. The van der Waals surface area contributed by atoms with Gasteiger partial charge in [-0.25, -0.2) is 0 Å². The molecule has 5 rings (SSSR count). The van der Waals surface area contributed by atoms with Crippen LogP contribution in [-0.4, -0.2) is 0 Å². The Morgan fingerprint density at radius 1 is 0.444 bits per heavy atom. The number of benzene rings is 4. The molecule has 1 aliphatic carbocycles. The Hall–Kier alpha value is -4.20. The van der Waals surface area contributed by atoms with Crippen LogP contribution < -0.4 is 0 Å². The number of fused-ring (bicyclic) bond motifs is 4. The van der Waals surface area contributed by atoms with Crippen molar-refractivity contribution < 1.29 is 0 Å². The van der Waals surface area contributed by atoms with Crippen LogP contribution in [0.15, 0.2) is 84.9 Å². The van der Waals surface area contributed by atoms with Crippen LogP contribution in [0.1, 0.15) is 11.1 Å². The Kier molecular flexibility index (Phi) is 5.74. The van der Waals surface area contributed by atoms with Crippen LogP contribution in [0.4, 0.5) is 0 Å². The standard InChI is InChI=1S/C30H14Br2N4/c31-29(15-33,16-34)26-14-13-25-23-11-4-3-9-21(23)19-7-1-2-8-20(19)22-10-5-6-12-24(22)27(25)28(26)30(32,17-35)18-36/h1-14H/b21-19-,22-20-,25-23-,27-24+. The van der Waals surface area contributed by atoms with E-state index < -0.39 is 8.65 Å². The molecule has 0 amide bonds. The van der Waals surface area contributed by atoms with E-state index >= 15 is 0 Å². The fraction of sp³-hybridized carbons (Fsp3) is 0.0667. The first kappa shape index (κ1) is 23.5. The molecule has 0 unspecified atom stereocenters. The Labute approximate surface area is 222 Å². The minimum absolute atomic E-state index is 0.243. The van der Waals surface area contributed by atoms with Crippen LogP contribution in [-0.2, 0) is 8.65 Å². The van der Waals surface area contributed by atoms with Gasteiger partial charge in [-0.15, -0.1) is 0 Å². The van der Waals surface area contributed by atoms with Crippen LogP contribution in [0, 0.1) is 87.1 Å². The maximum atomic E-state index is 10.2. The van der Waals surface area contributed by atoms with Crippen molar-refractivity contribution in [2.45, 2.75) is 8.65 Å². The van der Waals surface area contributed by atoms with Crippen molar-refractivity contribution in [3.05, 3.63) is 138 Å². The molecule has 4 aromatic carbocycles. The molecule has 0 aliphatic heterocycles. The molecular weight excluding hydrogens is 576 g/mol. The SMILES string of the molecule is N#CC(Br)(C#N)c1ccc2/c(c1C(Br)(C#N)C#N)=c1/cccc/c1=c1\cccc\c1=c1/cccc/c1=2. The predicted octanol–water partition coefficient (Wildman–Crippen LogP) is 6.42. The molecule has 0 fully saturated rings. The van der Waals surface area contributed by atoms with Gasteiger partial charge in [-0.2, -0.15) is 21.0 Å². The summed E-state index contributed by atoms with van der Waals surface area (Å²) in [4.78, 5) is 0. The van der Waals surface area contributed by atoms with Crippen LogP contribution in [0.25, 0.3) is 0 Å². The minimum atomic E-state index is -1.82. The smallest absolute Gasteiger partial charge is 0.195 e. The Balaban J connectivity index is 2.40. The Bertz CT molecular complexity index is 2110. The molecule has 0 saturated carbocycles. The number of alkyl halides is 2. The highest BCUT2D eigenvalue weighted by atomic mass is 79.9. The first-order valence-electron chi connectivity index (χ1n) is 10.9. The van der Waals surface area contributed by atoms with Gasteiger partial charge in [-0.05, 0) is 73.6 Å². The van der Waals surface area contributed by atoms with Gasteiger partial charge < -0.3 is 0 Å². The van der Waals surface area contributed by atoms with Gasteiger partial charge in [0.25, 0.3) is 0 Å². The van der Waals surface area contributed by atoms with Gasteiger partial charge in [0.15, 0.2) is 0 Å². The second kappa shape index (κ2) is 8.78. The molecule has 0 aromatic heterocycles. The zero-order chi connectivity index (χ0) is 25.5. The largest absolute Gasteiger partial charge is 0.223 e. The molecule has 0 heterocycles. The molecule has 0 atom stereocenters.